The molecule has 2 nitrogen and oxygen atoms in total. The lowest BCUT2D eigenvalue weighted by atomic mass is 9.75. The molecule has 1 aliphatic rings. The highest BCUT2D eigenvalue weighted by atomic mass is 19.3. The molecule has 0 saturated heterocycles. The zero-order valence-corrected chi connectivity index (χ0v) is 10.5. The van der Waals surface area contributed by atoms with Crippen molar-refractivity contribution >= 4 is 0 Å². The highest BCUT2D eigenvalue weighted by Gasteiger charge is 2.43. The Hall–Kier alpha value is -1.30. The molecule has 0 bridgehead atoms. The van der Waals surface area contributed by atoms with E-state index in [0.717, 1.165) is 6.07 Å². The fraction of sp³-hybridized carbons (Fsp3) is 0.538. The van der Waals surface area contributed by atoms with Crippen molar-refractivity contribution in [3.63, 3.8) is 0 Å². The summed E-state index contributed by atoms with van der Waals surface area (Å²) in [6.45, 7) is 0. The van der Waals surface area contributed by atoms with Crippen LogP contribution < -0.4 is 10.5 Å². The molecule has 2 rings (SSSR count). The van der Waals surface area contributed by atoms with Crippen LogP contribution in [0.3, 0.4) is 0 Å². The van der Waals surface area contributed by atoms with E-state index >= 15 is 0 Å². The number of ether oxygens (including phenoxy) is 1. The monoisotopic (exact) mass is 277 g/mol. The Morgan fingerprint density at radius 2 is 1.68 bits per heavy atom. The van der Waals surface area contributed by atoms with Crippen molar-refractivity contribution < 1.29 is 22.3 Å². The second-order valence-electron chi connectivity index (χ2n) is 4.98. The van der Waals surface area contributed by atoms with Crippen molar-refractivity contribution in [2.24, 2.45) is 5.73 Å². The van der Waals surface area contributed by atoms with Gasteiger partial charge >= 0.3 is 0 Å². The summed E-state index contributed by atoms with van der Waals surface area (Å²) in [4.78, 5) is 0. The Morgan fingerprint density at radius 3 is 2.21 bits per heavy atom. The molecule has 1 aliphatic carbocycles. The fourth-order valence-electron chi connectivity index (χ4n) is 2.47. The summed E-state index contributed by atoms with van der Waals surface area (Å²) in [6.07, 6.45) is -0.881. The molecule has 1 aromatic rings. The fourth-order valence-corrected chi connectivity index (χ4v) is 2.47. The van der Waals surface area contributed by atoms with Crippen molar-refractivity contribution in [2.75, 3.05) is 7.11 Å². The first-order valence-corrected chi connectivity index (χ1v) is 5.98. The van der Waals surface area contributed by atoms with Crippen LogP contribution in [0.1, 0.15) is 31.2 Å². The zero-order chi connectivity index (χ0) is 14.3. The van der Waals surface area contributed by atoms with Gasteiger partial charge in [-0.25, -0.2) is 17.6 Å². The summed E-state index contributed by atoms with van der Waals surface area (Å²) in [5.74, 6) is -4.61. The summed E-state index contributed by atoms with van der Waals surface area (Å²) in [5, 5.41) is 0. The number of methoxy groups -OCH3 is 1. The van der Waals surface area contributed by atoms with Crippen LogP contribution in [0.15, 0.2) is 12.1 Å². The molecule has 106 valence electrons. The largest absolute Gasteiger partial charge is 0.493 e. The van der Waals surface area contributed by atoms with Crippen molar-refractivity contribution in [1.82, 2.24) is 0 Å². The van der Waals surface area contributed by atoms with Gasteiger partial charge in [-0.05, 0) is 18.9 Å². The summed E-state index contributed by atoms with van der Waals surface area (Å²) in [7, 11) is 1.24. The molecule has 1 saturated carbocycles. The number of rotatable bonds is 2. The minimum Gasteiger partial charge on any atom is -0.493 e. The smallest absolute Gasteiger partial charge is 0.248 e. The van der Waals surface area contributed by atoms with Crippen LogP contribution in [0.25, 0.3) is 0 Å². The van der Waals surface area contributed by atoms with Gasteiger partial charge in [0.15, 0.2) is 11.6 Å². The first-order chi connectivity index (χ1) is 8.77. The van der Waals surface area contributed by atoms with Crippen LogP contribution in [-0.4, -0.2) is 13.0 Å². The lowest BCUT2D eigenvalue weighted by Gasteiger charge is -2.38. The quantitative estimate of drug-likeness (QED) is 0.841. The number of hydrogen-bond acceptors (Lipinski definition) is 2. The van der Waals surface area contributed by atoms with E-state index in [-0.39, 0.29) is 24.2 Å². The van der Waals surface area contributed by atoms with Gasteiger partial charge in [0.1, 0.15) is 5.82 Å². The van der Waals surface area contributed by atoms with Crippen LogP contribution in [-0.2, 0) is 5.54 Å². The molecule has 2 N–H and O–H groups in total. The highest BCUT2D eigenvalue weighted by molar-refractivity contribution is 5.41. The van der Waals surface area contributed by atoms with E-state index in [4.69, 9.17) is 10.5 Å². The molecule has 0 atom stereocenters. The Kier molecular flexibility index (Phi) is 3.47. The minimum absolute atomic E-state index is 0.0424. The van der Waals surface area contributed by atoms with Crippen LogP contribution in [0.4, 0.5) is 17.6 Å². The topological polar surface area (TPSA) is 35.2 Å². The molecule has 0 heterocycles. The highest BCUT2D eigenvalue weighted by Crippen LogP contribution is 2.45. The number of halogens is 4. The van der Waals surface area contributed by atoms with Crippen LogP contribution in [0.5, 0.6) is 5.75 Å². The average Bonchev–Trinajstić information content (AvgIpc) is 2.33. The maximum absolute atomic E-state index is 13.6. The second-order valence-corrected chi connectivity index (χ2v) is 4.98. The SMILES string of the molecule is COc1c(F)cc(F)cc1C1(N)CCC(F)(F)CC1. The number of nitrogens with two attached hydrogens (primary N) is 1. The lowest BCUT2D eigenvalue weighted by Crippen LogP contribution is -2.44. The van der Waals surface area contributed by atoms with Gasteiger partial charge < -0.3 is 10.5 Å². The molecule has 0 spiro atoms. The van der Waals surface area contributed by atoms with Gasteiger partial charge in [0.25, 0.3) is 0 Å². The Balaban J connectivity index is 2.41. The summed E-state index contributed by atoms with van der Waals surface area (Å²) < 4.78 is 58.2. The van der Waals surface area contributed by atoms with Crippen LogP contribution in [0.2, 0.25) is 0 Å². The summed E-state index contributed by atoms with van der Waals surface area (Å²) >= 11 is 0. The Bertz CT molecular complexity index is 480. The normalized spacial score (nSPS) is 21.2. The van der Waals surface area contributed by atoms with Crippen LogP contribution in [0, 0.1) is 11.6 Å². The zero-order valence-electron chi connectivity index (χ0n) is 10.5. The molecule has 1 fully saturated rings. The lowest BCUT2D eigenvalue weighted by molar-refractivity contribution is -0.0517. The van der Waals surface area contributed by atoms with E-state index in [9.17, 15) is 17.6 Å². The van der Waals surface area contributed by atoms with Crippen molar-refractivity contribution in [3.05, 3.63) is 29.3 Å². The van der Waals surface area contributed by atoms with Crippen LogP contribution >= 0.6 is 0 Å². The molecular weight excluding hydrogens is 262 g/mol. The third-order valence-electron chi connectivity index (χ3n) is 3.62. The van der Waals surface area contributed by atoms with Gasteiger partial charge in [0, 0.05) is 30.0 Å². The van der Waals surface area contributed by atoms with Gasteiger partial charge in [-0.15, -0.1) is 0 Å². The molecule has 0 unspecified atom stereocenters. The van der Waals surface area contributed by atoms with Crippen molar-refractivity contribution in [2.45, 2.75) is 37.1 Å². The molecule has 0 aromatic heterocycles. The molecule has 0 radical (unpaired) electrons. The maximum Gasteiger partial charge on any atom is 0.248 e. The third kappa shape index (κ3) is 2.68. The molecule has 0 aliphatic heterocycles. The number of benzene rings is 1. The standard InChI is InChI=1S/C13H15F4NO/c1-19-11-9(6-8(14)7-10(11)15)12(18)2-4-13(16,17)5-3-12/h6-7H,2-5,18H2,1H3. The third-order valence-corrected chi connectivity index (χ3v) is 3.62. The van der Waals surface area contributed by atoms with Crippen molar-refractivity contribution in [1.29, 1.82) is 0 Å². The van der Waals surface area contributed by atoms with Gasteiger partial charge in [0.05, 0.1) is 7.11 Å². The van der Waals surface area contributed by atoms with Gasteiger partial charge in [-0.1, -0.05) is 0 Å². The first kappa shape index (κ1) is 14.1. The Labute approximate surface area is 108 Å². The number of alkyl halides is 2. The maximum atomic E-state index is 13.6. The first-order valence-electron chi connectivity index (χ1n) is 5.98. The predicted octanol–water partition coefficient (Wildman–Crippen LogP) is 3.34. The minimum atomic E-state index is -2.76. The molecular formula is C13H15F4NO. The van der Waals surface area contributed by atoms with E-state index < -0.39 is 35.9 Å². The summed E-state index contributed by atoms with van der Waals surface area (Å²) in [5.41, 5.74) is 5.00. The van der Waals surface area contributed by atoms with E-state index in [1.54, 1.807) is 0 Å². The van der Waals surface area contributed by atoms with E-state index in [0.29, 0.717) is 6.07 Å². The molecule has 6 heteroatoms. The summed E-state index contributed by atoms with van der Waals surface area (Å²) in [6, 6.07) is 1.74. The molecule has 1 aromatic carbocycles. The van der Waals surface area contributed by atoms with E-state index in [1.807, 2.05) is 0 Å². The predicted molar refractivity (Wildman–Crippen MR) is 62.2 cm³/mol. The second kappa shape index (κ2) is 4.67. The van der Waals surface area contributed by atoms with Gasteiger partial charge in [-0.2, -0.15) is 0 Å². The molecule has 0 amide bonds. The molecule has 19 heavy (non-hydrogen) atoms. The van der Waals surface area contributed by atoms with E-state index in [2.05, 4.69) is 0 Å². The Morgan fingerprint density at radius 1 is 1.11 bits per heavy atom. The average molecular weight is 277 g/mol. The van der Waals surface area contributed by atoms with Gasteiger partial charge in [-0.3, -0.25) is 0 Å². The van der Waals surface area contributed by atoms with Gasteiger partial charge in [0.2, 0.25) is 5.92 Å². The van der Waals surface area contributed by atoms with E-state index in [1.165, 1.54) is 7.11 Å². The number of hydrogen-bond donors (Lipinski definition) is 1. The van der Waals surface area contributed by atoms with Crippen molar-refractivity contribution in [3.8, 4) is 5.75 Å².